The zero-order chi connectivity index (χ0) is 20.6. The van der Waals surface area contributed by atoms with E-state index in [0.717, 1.165) is 29.6 Å². The molecule has 0 heteroatoms. The van der Waals surface area contributed by atoms with Crippen LogP contribution in [0.2, 0.25) is 0 Å². The molecule has 29 heavy (non-hydrogen) atoms. The van der Waals surface area contributed by atoms with Gasteiger partial charge in [0.2, 0.25) is 0 Å². The monoisotopic (exact) mass is 390 g/mol. The van der Waals surface area contributed by atoms with E-state index in [1.54, 1.807) is 5.57 Å². The standard InChI is InChI=1S/C29H42/c1-6-7-8-21-10-11-22(18-21)12-15-26-27-17-20(2)9-14-24(27)25-16-13-23(19-28(25)26)29(3,4)5/h6,9,13-14,16-17,19,21-22,24-28H,1,7-8,10-12,15,18H2,2-5H3. The maximum atomic E-state index is 3.91. The normalized spacial score (nSPS) is 38.4. The van der Waals surface area contributed by atoms with Crippen LogP contribution in [-0.4, -0.2) is 0 Å². The van der Waals surface area contributed by atoms with Gasteiger partial charge in [-0.15, -0.1) is 6.58 Å². The topological polar surface area (TPSA) is 0 Å². The summed E-state index contributed by atoms with van der Waals surface area (Å²) in [7, 11) is 0. The number of allylic oxidation sites excluding steroid dienone is 9. The lowest BCUT2D eigenvalue weighted by atomic mass is 9.74. The van der Waals surface area contributed by atoms with Gasteiger partial charge in [-0.2, -0.15) is 0 Å². The van der Waals surface area contributed by atoms with E-state index in [9.17, 15) is 0 Å². The lowest BCUT2D eigenvalue weighted by Crippen LogP contribution is -2.21. The Balaban J connectivity index is 1.48. The highest BCUT2D eigenvalue weighted by molar-refractivity contribution is 5.37. The molecule has 2 saturated carbocycles. The van der Waals surface area contributed by atoms with Crippen molar-refractivity contribution in [1.82, 2.24) is 0 Å². The third kappa shape index (κ3) is 4.42. The van der Waals surface area contributed by atoms with Crippen LogP contribution >= 0.6 is 0 Å². The van der Waals surface area contributed by atoms with Gasteiger partial charge in [0.1, 0.15) is 0 Å². The van der Waals surface area contributed by atoms with Gasteiger partial charge in [0.25, 0.3) is 0 Å². The Morgan fingerprint density at radius 1 is 0.897 bits per heavy atom. The van der Waals surface area contributed by atoms with Crippen LogP contribution in [0.25, 0.3) is 0 Å². The lowest BCUT2D eigenvalue weighted by Gasteiger charge is -2.31. The van der Waals surface area contributed by atoms with Gasteiger partial charge < -0.3 is 0 Å². The number of fused-ring (bicyclic) bond motifs is 3. The van der Waals surface area contributed by atoms with Crippen molar-refractivity contribution in [1.29, 1.82) is 0 Å². The fourth-order valence-electron chi connectivity index (χ4n) is 6.79. The molecule has 0 aromatic heterocycles. The van der Waals surface area contributed by atoms with Gasteiger partial charge >= 0.3 is 0 Å². The second kappa shape index (κ2) is 8.44. The highest BCUT2D eigenvalue weighted by Gasteiger charge is 2.48. The predicted molar refractivity (Wildman–Crippen MR) is 127 cm³/mol. The summed E-state index contributed by atoms with van der Waals surface area (Å²) < 4.78 is 0. The van der Waals surface area contributed by atoms with E-state index in [1.807, 2.05) is 0 Å². The van der Waals surface area contributed by atoms with Gasteiger partial charge in [0.15, 0.2) is 0 Å². The van der Waals surface area contributed by atoms with Gasteiger partial charge in [-0.05, 0) is 85.0 Å². The summed E-state index contributed by atoms with van der Waals surface area (Å²) in [5.41, 5.74) is 3.28. The van der Waals surface area contributed by atoms with E-state index in [-0.39, 0.29) is 5.41 Å². The minimum atomic E-state index is 0.255. The molecule has 0 bridgehead atoms. The molecule has 2 fully saturated rings. The Labute approximate surface area is 179 Å². The summed E-state index contributed by atoms with van der Waals surface area (Å²) in [6.45, 7) is 13.3. The van der Waals surface area contributed by atoms with Crippen LogP contribution in [0.4, 0.5) is 0 Å². The average Bonchev–Trinajstić information content (AvgIpc) is 3.25. The minimum Gasteiger partial charge on any atom is -0.103 e. The van der Waals surface area contributed by atoms with Crippen molar-refractivity contribution in [2.75, 3.05) is 0 Å². The van der Waals surface area contributed by atoms with E-state index in [4.69, 9.17) is 0 Å². The van der Waals surface area contributed by atoms with Crippen molar-refractivity contribution in [2.24, 2.45) is 46.8 Å². The van der Waals surface area contributed by atoms with Crippen LogP contribution in [-0.2, 0) is 0 Å². The first kappa shape index (κ1) is 21.0. The second-order valence-electron chi connectivity index (χ2n) is 11.5. The first-order chi connectivity index (χ1) is 13.9. The third-order valence-corrected chi connectivity index (χ3v) is 8.43. The van der Waals surface area contributed by atoms with Crippen LogP contribution < -0.4 is 0 Å². The second-order valence-corrected chi connectivity index (χ2v) is 11.5. The molecule has 0 N–H and O–H groups in total. The maximum absolute atomic E-state index is 3.91. The largest absolute Gasteiger partial charge is 0.103 e. The van der Waals surface area contributed by atoms with E-state index in [0.29, 0.717) is 11.8 Å². The summed E-state index contributed by atoms with van der Waals surface area (Å²) in [4.78, 5) is 0. The predicted octanol–water partition coefficient (Wildman–Crippen LogP) is 8.30. The average molecular weight is 391 g/mol. The zero-order valence-electron chi connectivity index (χ0n) is 19.2. The van der Waals surface area contributed by atoms with E-state index >= 15 is 0 Å². The molecule has 7 unspecified atom stereocenters. The highest BCUT2D eigenvalue weighted by atomic mass is 14.5. The van der Waals surface area contributed by atoms with Crippen molar-refractivity contribution in [2.45, 2.75) is 72.6 Å². The SMILES string of the molecule is C=CCCC1CCC(CCC2C3C=C(C)C=CC3C3C=CC(C(C)(C)C)=CC32)C1. The first-order valence-electron chi connectivity index (χ1n) is 12.2. The third-order valence-electron chi connectivity index (χ3n) is 8.43. The van der Waals surface area contributed by atoms with Gasteiger partial charge in [-0.25, -0.2) is 0 Å². The molecule has 0 amide bonds. The molecular weight excluding hydrogens is 348 g/mol. The summed E-state index contributed by atoms with van der Waals surface area (Å²) in [6, 6.07) is 0. The maximum Gasteiger partial charge on any atom is -0.00954 e. The molecule has 4 aliphatic carbocycles. The van der Waals surface area contributed by atoms with Crippen LogP contribution in [0.1, 0.15) is 72.6 Å². The first-order valence-corrected chi connectivity index (χ1v) is 12.2. The van der Waals surface area contributed by atoms with Gasteiger partial charge in [-0.3, -0.25) is 0 Å². The molecule has 0 saturated heterocycles. The van der Waals surface area contributed by atoms with E-state index in [1.165, 1.54) is 50.5 Å². The molecular formula is C29H42. The smallest absolute Gasteiger partial charge is 0.00954 e. The molecule has 0 aliphatic heterocycles. The van der Waals surface area contributed by atoms with Crippen molar-refractivity contribution in [3.63, 3.8) is 0 Å². The summed E-state index contributed by atoms with van der Waals surface area (Å²) in [5.74, 6) is 5.65. The van der Waals surface area contributed by atoms with Gasteiger partial charge in [0.05, 0.1) is 0 Å². The molecule has 158 valence electrons. The molecule has 0 aromatic rings. The van der Waals surface area contributed by atoms with Gasteiger partial charge in [-0.1, -0.05) is 88.1 Å². The van der Waals surface area contributed by atoms with E-state index < -0.39 is 0 Å². The van der Waals surface area contributed by atoms with Crippen molar-refractivity contribution in [3.8, 4) is 0 Å². The number of rotatable bonds is 6. The summed E-state index contributed by atoms with van der Waals surface area (Å²) in [6.07, 6.45) is 27.2. The minimum absolute atomic E-state index is 0.255. The molecule has 4 aliphatic rings. The molecule has 0 aromatic carbocycles. The highest BCUT2D eigenvalue weighted by Crippen LogP contribution is 2.55. The molecule has 0 heterocycles. The Morgan fingerprint density at radius 2 is 1.55 bits per heavy atom. The summed E-state index contributed by atoms with van der Waals surface area (Å²) >= 11 is 0. The van der Waals surface area contributed by atoms with E-state index in [2.05, 4.69) is 76.8 Å². The Kier molecular flexibility index (Phi) is 6.10. The Morgan fingerprint density at radius 3 is 2.24 bits per heavy atom. The Bertz CT molecular complexity index is 722. The van der Waals surface area contributed by atoms with Crippen molar-refractivity contribution < 1.29 is 0 Å². The number of hydrogen-bond acceptors (Lipinski definition) is 0. The fraction of sp³-hybridized carbons (Fsp3) is 0.655. The molecule has 0 spiro atoms. The van der Waals surface area contributed by atoms with Crippen molar-refractivity contribution in [3.05, 3.63) is 60.3 Å². The van der Waals surface area contributed by atoms with Crippen LogP contribution in [0.5, 0.6) is 0 Å². The Hall–Kier alpha value is -1.30. The molecule has 0 radical (unpaired) electrons. The lowest BCUT2D eigenvalue weighted by molar-refractivity contribution is 0.306. The number of hydrogen-bond donors (Lipinski definition) is 0. The molecule has 7 atom stereocenters. The fourth-order valence-corrected chi connectivity index (χ4v) is 6.79. The van der Waals surface area contributed by atoms with Gasteiger partial charge in [0, 0.05) is 0 Å². The van der Waals surface area contributed by atoms with Crippen LogP contribution in [0.3, 0.4) is 0 Å². The quantitative estimate of drug-likeness (QED) is 0.400. The van der Waals surface area contributed by atoms with Crippen molar-refractivity contribution >= 4 is 0 Å². The zero-order valence-corrected chi connectivity index (χ0v) is 19.2. The molecule has 0 nitrogen and oxygen atoms in total. The molecule has 4 rings (SSSR count). The van der Waals surface area contributed by atoms with Crippen LogP contribution in [0, 0.1) is 46.8 Å². The van der Waals surface area contributed by atoms with Crippen LogP contribution in [0.15, 0.2) is 60.3 Å². The summed E-state index contributed by atoms with van der Waals surface area (Å²) in [5, 5.41) is 0.